The van der Waals surface area contributed by atoms with Crippen LogP contribution in [0.1, 0.15) is 12.0 Å². The molecule has 0 bridgehead atoms. The molecule has 0 spiro atoms. The van der Waals surface area contributed by atoms with Gasteiger partial charge in [-0.25, -0.2) is 8.78 Å². The summed E-state index contributed by atoms with van der Waals surface area (Å²) in [6.45, 7) is 0.382. The van der Waals surface area contributed by atoms with Crippen LogP contribution in [0.25, 0.3) is 0 Å². The monoisotopic (exact) mass is 254 g/mol. The molecule has 1 atom stereocenters. The van der Waals surface area contributed by atoms with Crippen molar-refractivity contribution in [2.45, 2.75) is 13.0 Å². The van der Waals surface area contributed by atoms with Crippen LogP contribution in [0.3, 0.4) is 0 Å². The summed E-state index contributed by atoms with van der Waals surface area (Å²) < 4.78 is 25.7. The van der Waals surface area contributed by atoms with Crippen molar-refractivity contribution in [3.63, 3.8) is 0 Å². The van der Waals surface area contributed by atoms with Crippen LogP contribution in [0.2, 0.25) is 0 Å². The second kappa shape index (κ2) is 4.72. The zero-order chi connectivity index (χ0) is 13.3. The van der Waals surface area contributed by atoms with E-state index in [1.54, 1.807) is 0 Å². The number of rotatable bonds is 3. The van der Waals surface area contributed by atoms with Gasteiger partial charge in [-0.2, -0.15) is 0 Å². The van der Waals surface area contributed by atoms with Crippen LogP contribution >= 0.6 is 0 Å². The summed E-state index contributed by atoms with van der Waals surface area (Å²) in [5.41, 5.74) is 5.61. The number of carbonyl (C=O) groups is 2. The van der Waals surface area contributed by atoms with Crippen molar-refractivity contribution in [2.75, 3.05) is 6.54 Å². The number of nitrogens with two attached hydrogens (primary N) is 1. The predicted octanol–water partition coefficient (Wildman–Crippen LogP) is 0.799. The first-order valence-corrected chi connectivity index (χ1v) is 5.48. The molecule has 1 aliphatic rings. The van der Waals surface area contributed by atoms with Gasteiger partial charge in [-0.15, -0.1) is 0 Å². The zero-order valence-corrected chi connectivity index (χ0v) is 9.53. The molecule has 2 rings (SSSR count). The highest BCUT2D eigenvalue weighted by molar-refractivity contribution is 5.88. The van der Waals surface area contributed by atoms with Crippen molar-refractivity contribution in [3.8, 4) is 0 Å². The molecule has 0 aromatic heterocycles. The molecule has 1 heterocycles. The van der Waals surface area contributed by atoms with E-state index in [0.717, 1.165) is 12.1 Å². The van der Waals surface area contributed by atoms with Gasteiger partial charge in [0, 0.05) is 19.5 Å². The van der Waals surface area contributed by atoms with Crippen molar-refractivity contribution in [2.24, 2.45) is 11.7 Å². The molecule has 0 aliphatic carbocycles. The van der Waals surface area contributed by atoms with E-state index < -0.39 is 23.5 Å². The minimum absolute atomic E-state index is 0.0824. The smallest absolute Gasteiger partial charge is 0.223 e. The summed E-state index contributed by atoms with van der Waals surface area (Å²) >= 11 is 0. The Morgan fingerprint density at radius 3 is 2.67 bits per heavy atom. The van der Waals surface area contributed by atoms with Crippen LogP contribution in [0.15, 0.2) is 18.2 Å². The molecule has 0 radical (unpaired) electrons. The number of halogens is 2. The normalized spacial score (nSPS) is 19.3. The van der Waals surface area contributed by atoms with E-state index >= 15 is 0 Å². The van der Waals surface area contributed by atoms with Crippen LogP contribution in [0, 0.1) is 17.6 Å². The summed E-state index contributed by atoms with van der Waals surface area (Å²) in [5, 5.41) is 0. The first-order chi connectivity index (χ1) is 8.47. The highest BCUT2D eigenvalue weighted by Crippen LogP contribution is 2.20. The van der Waals surface area contributed by atoms with Crippen LogP contribution in [-0.4, -0.2) is 23.3 Å². The molecule has 1 unspecified atom stereocenters. The lowest BCUT2D eigenvalue weighted by atomic mass is 10.1. The Balaban J connectivity index is 2.08. The van der Waals surface area contributed by atoms with E-state index in [0.29, 0.717) is 5.56 Å². The fourth-order valence-electron chi connectivity index (χ4n) is 1.97. The van der Waals surface area contributed by atoms with E-state index in [4.69, 9.17) is 5.73 Å². The molecule has 1 aliphatic heterocycles. The summed E-state index contributed by atoms with van der Waals surface area (Å²) in [4.78, 5) is 24.0. The minimum Gasteiger partial charge on any atom is -0.369 e. The Morgan fingerprint density at radius 2 is 2.11 bits per heavy atom. The van der Waals surface area contributed by atoms with Gasteiger partial charge in [-0.1, -0.05) is 6.07 Å². The largest absolute Gasteiger partial charge is 0.369 e. The molecular weight excluding hydrogens is 242 g/mol. The van der Waals surface area contributed by atoms with E-state index in [1.807, 2.05) is 0 Å². The number of nitrogens with zero attached hydrogens (tertiary/aromatic N) is 1. The van der Waals surface area contributed by atoms with Crippen LogP contribution in [-0.2, 0) is 16.1 Å². The molecule has 1 fully saturated rings. The Hall–Kier alpha value is -1.98. The van der Waals surface area contributed by atoms with Crippen LogP contribution < -0.4 is 5.73 Å². The summed E-state index contributed by atoms with van der Waals surface area (Å²) in [6, 6.07) is 3.46. The lowest BCUT2D eigenvalue weighted by molar-refractivity contribution is -0.128. The number of likely N-dealkylation sites (tertiary alicyclic amines) is 1. The van der Waals surface area contributed by atoms with E-state index in [-0.39, 0.29) is 25.4 Å². The Labute approximate surface area is 102 Å². The van der Waals surface area contributed by atoms with E-state index in [9.17, 15) is 18.4 Å². The van der Waals surface area contributed by atoms with Crippen molar-refractivity contribution < 1.29 is 18.4 Å². The third kappa shape index (κ3) is 2.47. The molecule has 2 amide bonds. The molecule has 2 N–H and O–H groups in total. The molecule has 0 saturated carbocycles. The third-order valence-electron chi connectivity index (χ3n) is 2.97. The maximum Gasteiger partial charge on any atom is 0.223 e. The molecule has 96 valence electrons. The predicted molar refractivity (Wildman–Crippen MR) is 59.1 cm³/mol. The van der Waals surface area contributed by atoms with Gasteiger partial charge < -0.3 is 10.6 Å². The number of hydrogen-bond donors (Lipinski definition) is 1. The van der Waals surface area contributed by atoms with E-state index in [1.165, 1.54) is 11.0 Å². The van der Waals surface area contributed by atoms with Crippen LogP contribution in [0.5, 0.6) is 0 Å². The average molecular weight is 254 g/mol. The molecule has 1 aromatic carbocycles. The zero-order valence-electron chi connectivity index (χ0n) is 9.53. The maximum absolute atomic E-state index is 13.0. The van der Waals surface area contributed by atoms with Gasteiger partial charge in [-0.3, -0.25) is 9.59 Å². The van der Waals surface area contributed by atoms with Gasteiger partial charge in [0.1, 0.15) is 0 Å². The van der Waals surface area contributed by atoms with Crippen molar-refractivity contribution in [1.29, 1.82) is 0 Å². The standard InChI is InChI=1S/C12H12F2N2O2/c13-9-2-1-7(3-10(9)14)5-16-6-8(12(15)18)4-11(16)17/h1-3,8H,4-6H2,(H2,15,18). The minimum atomic E-state index is -0.953. The Kier molecular flexibility index (Phi) is 3.27. The summed E-state index contributed by atoms with van der Waals surface area (Å²) in [6.07, 6.45) is 0.0824. The lowest BCUT2D eigenvalue weighted by Crippen LogP contribution is -2.28. The van der Waals surface area contributed by atoms with E-state index in [2.05, 4.69) is 0 Å². The first kappa shape index (κ1) is 12.5. The van der Waals surface area contributed by atoms with Crippen molar-refractivity contribution in [1.82, 2.24) is 4.90 Å². The average Bonchev–Trinajstić information content (AvgIpc) is 2.66. The molecule has 1 aromatic rings. The first-order valence-electron chi connectivity index (χ1n) is 5.48. The summed E-state index contributed by atoms with van der Waals surface area (Å²) in [7, 11) is 0. The van der Waals surface area contributed by atoms with Gasteiger partial charge in [0.25, 0.3) is 0 Å². The summed E-state index contributed by atoms with van der Waals surface area (Å²) in [5.74, 6) is -3.10. The fourth-order valence-corrected chi connectivity index (χ4v) is 1.97. The molecule has 6 heteroatoms. The molecular formula is C12H12F2N2O2. The SMILES string of the molecule is NC(=O)C1CC(=O)N(Cc2ccc(F)c(F)c2)C1. The fraction of sp³-hybridized carbons (Fsp3) is 0.333. The quantitative estimate of drug-likeness (QED) is 0.867. The second-order valence-electron chi connectivity index (χ2n) is 4.33. The Bertz CT molecular complexity index is 505. The highest BCUT2D eigenvalue weighted by atomic mass is 19.2. The van der Waals surface area contributed by atoms with Gasteiger partial charge >= 0.3 is 0 Å². The van der Waals surface area contributed by atoms with Gasteiger partial charge in [0.15, 0.2) is 11.6 Å². The van der Waals surface area contributed by atoms with Gasteiger partial charge in [0.05, 0.1) is 5.92 Å². The number of carbonyl (C=O) groups excluding carboxylic acids is 2. The second-order valence-corrected chi connectivity index (χ2v) is 4.33. The molecule has 18 heavy (non-hydrogen) atoms. The number of hydrogen-bond acceptors (Lipinski definition) is 2. The topological polar surface area (TPSA) is 63.4 Å². The van der Waals surface area contributed by atoms with Gasteiger partial charge in [-0.05, 0) is 17.7 Å². The molecule has 1 saturated heterocycles. The molecule has 4 nitrogen and oxygen atoms in total. The van der Waals surface area contributed by atoms with Crippen molar-refractivity contribution in [3.05, 3.63) is 35.4 Å². The Morgan fingerprint density at radius 1 is 1.39 bits per heavy atom. The lowest BCUT2D eigenvalue weighted by Gasteiger charge is -2.16. The third-order valence-corrected chi connectivity index (χ3v) is 2.97. The maximum atomic E-state index is 13.0. The van der Waals surface area contributed by atoms with Crippen LogP contribution in [0.4, 0.5) is 8.78 Å². The number of primary amides is 1. The number of benzene rings is 1. The van der Waals surface area contributed by atoms with Gasteiger partial charge in [0.2, 0.25) is 11.8 Å². The van der Waals surface area contributed by atoms with Crippen molar-refractivity contribution >= 4 is 11.8 Å². The highest BCUT2D eigenvalue weighted by Gasteiger charge is 2.32. The number of amides is 2.